The molecular formula is C14H19Cl2N3O. The summed E-state index contributed by atoms with van der Waals surface area (Å²) in [5.41, 5.74) is 1.01. The number of amides is 1. The van der Waals surface area contributed by atoms with Crippen LogP contribution < -0.4 is 5.32 Å². The Morgan fingerprint density at radius 2 is 1.85 bits per heavy atom. The highest BCUT2D eigenvalue weighted by Crippen LogP contribution is 2.19. The lowest BCUT2D eigenvalue weighted by molar-refractivity contribution is -0.132. The minimum atomic E-state index is 0.169. The van der Waals surface area contributed by atoms with Gasteiger partial charge in [-0.05, 0) is 30.8 Å². The highest BCUT2D eigenvalue weighted by Gasteiger charge is 2.17. The van der Waals surface area contributed by atoms with Gasteiger partial charge in [0.1, 0.15) is 0 Å². The fourth-order valence-electron chi connectivity index (χ4n) is 2.31. The van der Waals surface area contributed by atoms with Gasteiger partial charge in [0.15, 0.2) is 0 Å². The summed E-state index contributed by atoms with van der Waals surface area (Å²) in [6.45, 7) is 4.38. The molecule has 1 aliphatic rings. The van der Waals surface area contributed by atoms with Crippen molar-refractivity contribution in [2.24, 2.45) is 0 Å². The van der Waals surface area contributed by atoms with E-state index < -0.39 is 0 Å². The molecule has 110 valence electrons. The second-order valence-corrected chi connectivity index (χ2v) is 5.95. The Labute approximate surface area is 129 Å². The quantitative estimate of drug-likeness (QED) is 0.921. The van der Waals surface area contributed by atoms with Crippen LogP contribution in [-0.4, -0.2) is 55.5 Å². The van der Waals surface area contributed by atoms with Crippen LogP contribution in [0.5, 0.6) is 0 Å². The van der Waals surface area contributed by atoms with Gasteiger partial charge < -0.3 is 10.2 Å². The van der Waals surface area contributed by atoms with Gasteiger partial charge in [0.05, 0.1) is 6.54 Å². The van der Waals surface area contributed by atoms with Gasteiger partial charge in [0.2, 0.25) is 5.91 Å². The lowest BCUT2D eigenvalue weighted by atomic mass is 10.2. The van der Waals surface area contributed by atoms with Crippen LogP contribution in [0.1, 0.15) is 5.56 Å². The summed E-state index contributed by atoms with van der Waals surface area (Å²) in [6.07, 6.45) is 0. The maximum atomic E-state index is 12.1. The van der Waals surface area contributed by atoms with Gasteiger partial charge in [-0.2, -0.15) is 0 Å². The maximum Gasteiger partial charge on any atom is 0.236 e. The van der Waals surface area contributed by atoms with Crippen LogP contribution in [0.25, 0.3) is 0 Å². The van der Waals surface area contributed by atoms with E-state index in [2.05, 4.69) is 5.32 Å². The predicted octanol–water partition coefficient (Wildman–Crippen LogP) is 1.86. The van der Waals surface area contributed by atoms with Gasteiger partial charge in [-0.25, -0.2) is 0 Å². The summed E-state index contributed by atoms with van der Waals surface area (Å²) in [7, 11) is 1.93. The highest BCUT2D eigenvalue weighted by atomic mass is 35.5. The zero-order valence-electron chi connectivity index (χ0n) is 11.5. The zero-order chi connectivity index (χ0) is 14.5. The van der Waals surface area contributed by atoms with Crippen molar-refractivity contribution in [2.45, 2.75) is 6.54 Å². The van der Waals surface area contributed by atoms with Crippen molar-refractivity contribution in [3.63, 3.8) is 0 Å². The Bertz CT molecular complexity index is 455. The molecule has 0 bridgehead atoms. The number of piperazine rings is 1. The van der Waals surface area contributed by atoms with Crippen LogP contribution in [-0.2, 0) is 11.3 Å². The Hall–Kier alpha value is -0.810. The number of hydrogen-bond acceptors (Lipinski definition) is 3. The Morgan fingerprint density at radius 1 is 1.25 bits per heavy atom. The second kappa shape index (κ2) is 7.27. The Morgan fingerprint density at radius 3 is 2.45 bits per heavy atom. The molecule has 6 heteroatoms. The fourth-order valence-corrected chi connectivity index (χ4v) is 2.89. The Kier molecular flexibility index (Phi) is 5.66. The van der Waals surface area contributed by atoms with E-state index in [1.54, 1.807) is 6.07 Å². The number of nitrogens with zero attached hydrogens (tertiary/aromatic N) is 2. The third-order valence-electron chi connectivity index (χ3n) is 3.25. The highest BCUT2D eigenvalue weighted by molar-refractivity contribution is 6.34. The molecule has 0 unspecified atom stereocenters. The van der Waals surface area contributed by atoms with Gasteiger partial charge in [0, 0.05) is 42.8 Å². The lowest BCUT2D eigenvalue weighted by Gasteiger charge is -2.29. The first-order valence-corrected chi connectivity index (χ1v) is 7.42. The number of carbonyl (C=O) groups excluding carboxylic acids is 1. The first kappa shape index (κ1) is 15.6. The molecule has 1 fully saturated rings. The number of carbonyl (C=O) groups is 1. The first-order valence-electron chi connectivity index (χ1n) is 6.66. The van der Waals surface area contributed by atoms with Crippen molar-refractivity contribution in [3.8, 4) is 0 Å². The molecular weight excluding hydrogens is 297 g/mol. The summed E-state index contributed by atoms with van der Waals surface area (Å²) in [4.78, 5) is 16.0. The molecule has 20 heavy (non-hydrogen) atoms. The molecule has 0 atom stereocenters. The van der Waals surface area contributed by atoms with E-state index in [-0.39, 0.29) is 5.91 Å². The van der Waals surface area contributed by atoms with Gasteiger partial charge in [-0.3, -0.25) is 9.69 Å². The van der Waals surface area contributed by atoms with E-state index in [0.29, 0.717) is 23.1 Å². The summed E-state index contributed by atoms with van der Waals surface area (Å²) >= 11 is 12.0. The number of likely N-dealkylation sites (N-methyl/N-ethyl adjacent to an activating group) is 1. The van der Waals surface area contributed by atoms with E-state index in [0.717, 1.165) is 31.7 Å². The van der Waals surface area contributed by atoms with Crippen LogP contribution in [0.2, 0.25) is 10.0 Å². The topological polar surface area (TPSA) is 35.6 Å². The molecule has 0 saturated carbocycles. The number of benzene rings is 1. The fraction of sp³-hybridized carbons (Fsp3) is 0.500. The first-order chi connectivity index (χ1) is 9.54. The zero-order valence-corrected chi connectivity index (χ0v) is 13.0. The van der Waals surface area contributed by atoms with E-state index >= 15 is 0 Å². The molecule has 1 N–H and O–H groups in total. The monoisotopic (exact) mass is 315 g/mol. The van der Waals surface area contributed by atoms with E-state index in [9.17, 15) is 4.79 Å². The molecule has 0 radical (unpaired) electrons. The molecule has 2 rings (SSSR count). The van der Waals surface area contributed by atoms with E-state index in [1.165, 1.54) is 0 Å². The van der Waals surface area contributed by atoms with Crippen molar-refractivity contribution >= 4 is 29.1 Å². The summed E-state index contributed by atoms with van der Waals surface area (Å²) in [5, 5.41) is 4.48. The van der Waals surface area contributed by atoms with Gasteiger partial charge in [0.25, 0.3) is 0 Å². The molecule has 0 aromatic heterocycles. The molecule has 0 aliphatic carbocycles. The van der Waals surface area contributed by atoms with Crippen LogP contribution in [0.15, 0.2) is 18.2 Å². The van der Waals surface area contributed by atoms with Crippen LogP contribution in [0, 0.1) is 0 Å². The molecule has 1 aliphatic heterocycles. The average Bonchev–Trinajstić information content (AvgIpc) is 2.38. The normalized spacial score (nSPS) is 15.7. The predicted molar refractivity (Wildman–Crippen MR) is 82.2 cm³/mol. The van der Waals surface area contributed by atoms with Crippen LogP contribution in [0.4, 0.5) is 0 Å². The van der Waals surface area contributed by atoms with Crippen molar-refractivity contribution in [1.29, 1.82) is 0 Å². The number of hydrogen-bond donors (Lipinski definition) is 1. The van der Waals surface area contributed by atoms with Crippen molar-refractivity contribution in [2.75, 3.05) is 39.8 Å². The van der Waals surface area contributed by atoms with Crippen LogP contribution in [0.3, 0.4) is 0 Å². The van der Waals surface area contributed by atoms with E-state index in [1.807, 2.05) is 29.0 Å². The summed E-state index contributed by atoms with van der Waals surface area (Å²) in [5.74, 6) is 0.169. The number of nitrogens with one attached hydrogen (secondary N) is 1. The minimum Gasteiger partial charge on any atom is -0.339 e. The summed E-state index contributed by atoms with van der Waals surface area (Å²) in [6, 6.07) is 5.46. The average molecular weight is 316 g/mol. The maximum absolute atomic E-state index is 12.1. The van der Waals surface area contributed by atoms with Gasteiger partial charge in [-0.15, -0.1) is 0 Å². The summed E-state index contributed by atoms with van der Waals surface area (Å²) < 4.78 is 0. The smallest absolute Gasteiger partial charge is 0.236 e. The van der Waals surface area contributed by atoms with Gasteiger partial charge in [-0.1, -0.05) is 23.2 Å². The van der Waals surface area contributed by atoms with Gasteiger partial charge >= 0.3 is 0 Å². The van der Waals surface area contributed by atoms with Crippen LogP contribution >= 0.6 is 23.2 Å². The number of halogens is 2. The van der Waals surface area contributed by atoms with E-state index in [4.69, 9.17) is 23.2 Å². The van der Waals surface area contributed by atoms with Crippen molar-refractivity contribution < 1.29 is 4.79 Å². The third-order valence-corrected chi connectivity index (χ3v) is 3.69. The molecule has 1 heterocycles. The SMILES string of the molecule is CN(CC(=O)N1CCNCC1)Cc1cc(Cl)cc(Cl)c1. The molecule has 0 spiro atoms. The minimum absolute atomic E-state index is 0.169. The molecule has 1 saturated heterocycles. The Balaban J connectivity index is 1.88. The van der Waals surface area contributed by atoms with Crippen molar-refractivity contribution in [3.05, 3.63) is 33.8 Å². The standard InChI is InChI=1S/C14H19Cl2N3O/c1-18(9-11-6-12(15)8-13(16)7-11)10-14(20)19-4-2-17-3-5-19/h6-8,17H,2-5,9-10H2,1H3. The number of rotatable bonds is 4. The third kappa shape index (κ3) is 4.63. The van der Waals surface area contributed by atoms with Crippen molar-refractivity contribution in [1.82, 2.24) is 15.1 Å². The molecule has 4 nitrogen and oxygen atoms in total. The molecule has 1 aromatic rings. The lowest BCUT2D eigenvalue weighted by Crippen LogP contribution is -2.49. The molecule has 1 aromatic carbocycles. The second-order valence-electron chi connectivity index (χ2n) is 5.08. The molecule has 1 amide bonds. The largest absolute Gasteiger partial charge is 0.339 e.